The van der Waals surface area contributed by atoms with Gasteiger partial charge in [-0.25, -0.2) is 0 Å². The number of rotatable bonds is 2. The Hall–Kier alpha value is -2.18. The molecule has 15 saturated heterocycles. The first-order valence-corrected chi connectivity index (χ1v) is 29.7. The van der Waals surface area contributed by atoms with Crippen LogP contribution in [0.25, 0.3) is 0 Å². The van der Waals surface area contributed by atoms with Crippen LogP contribution in [0.15, 0.2) is 24.3 Å². The SMILES string of the molecule is C=C1C[C@@H]2CC[C@]34CC(O3)[C@@H]3O[C@H]5CC[C@H](CC(=O)O[C@@H]6[C@@H](C)[C@@H]7O[C@@H]8C[C@@]9(C[C@@H]%10O[C@]%11(C[C@H](C)[C@@H]%12O[C@H](CC(=O)O)[C@H](O)C[C@@H]%12O%11)C[C@H](C)[C@@H]%10O9)O[C@@H]8C[C@@H]7O[C@H]6C[C@H]6O[C@@H](CC[C@@H]1O2)C[C@@H](C)C6=C)O[C@@H]5[C@H](O4)[C@@H]3O. The predicted molar refractivity (Wildman–Crippen MR) is 266 cm³/mol. The molecule has 19 heteroatoms. The van der Waals surface area contributed by atoms with Crippen molar-refractivity contribution in [2.24, 2.45) is 23.7 Å². The number of hydrogen-bond donors (Lipinski definition) is 3. The van der Waals surface area contributed by atoms with Gasteiger partial charge in [-0.3, -0.25) is 9.59 Å². The number of carbonyl (C=O) groups excluding carboxylic acids is 1. The maximum Gasteiger partial charge on any atom is 0.308 e. The molecule has 0 aromatic rings. The topological polar surface area (TPSA) is 224 Å². The maximum absolute atomic E-state index is 14.5. The molecule has 15 fully saturated rings. The van der Waals surface area contributed by atoms with E-state index in [1.54, 1.807) is 0 Å². The number of aliphatic hydroxyl groups is 2. The summed E-state index contributed by atoms with van der Waals surface area (Å²) in [5.41, 5.74) is 2.10. The highest BCUT2D eigenvalue weighted by Gasteiger charge is 2.67. The molecule has 0 aromatic heterocycles. The molecule has 0 saturated carbocycles. The van der Waals surface area contributed by atoms with E-state index in [0.717, 1.165) is 43.3 Å². The lowest BCUT2D eigenvalue weighted by atomic mass is 9.78. The first-order valence-electron chi connectivity index (χ1n) is 29.7. The summed E-state index contributed by atoms with van der Waals surface area (Å²) in [6.45, 7) is 17.6. The minimum Gasteiger partial charge on any atom is -0.481 e. The largest absolute Gasteiger partial charge is 0.481 e. The summed E-state index contributed by atoms with van der Waals surface area (Å²) in [5.74, 6) is -4.14. The molecule has 428 valence electrons. The predicted octanol–water partition coefficient (Wildman–Crippen LogP) is 5.25. The van der Waals surface area contributed by atoms with E-state index in [9.17, 15) is 24.9 Å². The number of hydrogen-bond acceptors (Lipinski definition) is 18. The summed E-state index contributed by atoms with van der Waals surface area (Å²) in [5, 5.41) is 32.1. The van der Waals surface area contributed by atoms with Gasteiger partial charge in [0, 0.05) is 63.7 Å². The second-order valence-electron chi connectivity index (χ2n) is 26.5. The van der Waals surface area contributed by atoms with E-state index in [4.69, 9.17) is 66.3 Å². The summed E-state index contributed by atoms with van der Waals surface area (Å²) < 4.78 is 95.1. The fraction of sp³-hybridized carbons (Fsp3) is 0.897. The minimum atomic E-state index is -1.01. The number of aliphatic hydroxyl groups excluding tert-OH is 2. The second-order valence-corrected chi connectivity index (χ2v) is 26.5. The monoisotopic (exact) mass is 1080 g/mol. The summed E-state index contributed by atoms with van der Waals surface area (Å²) in [6, 6.07) is 0. The highest BCUT2D eigenvalue weighted by Crippen LogP contribution is 2.57. The van der Waals surface area contributed by atoms with Crippen LogP contribution in [0, 0.1) is 23.7 Å². The zero-order chi connectivity index (χ0) is 53.0. The summed E-state index contributed by atoms with van der Waals surface area (Å²) >= 11 is 0. The van der Waals surface area contributed by atoms with Crippen LogP contribution in [0.3, 0.4) is 0 Å². The standard InChI is InChI=1S/C58H82O19/c1-25-13-31-7-9-35-26(2)14-33(64-35)11-12-56-23-45(74-56)53-48(63)55(77-56)54-36(68-53)10-8-32(66-54)15-47(62)71-52-30(6)51-41(67-40(52)17-37(65-31)29(25)5)18-39-43(70-51)22-58(72-39)24-44-50(76-58)28(4)21-57(75-44)20-27(3)49-42(73-57)16-34(59)38(69-49)19-46(60)61/h25,27-28,30-45,48-55,59,63H,2,5,7-24H2,1,3-4,6H3,(H,60,61)/t25-,27+,28+,30+,31+,32-,33+,34-,35+,36+,37-,38-,39-,40+,41+,42+,43-,44+,45?,48-,49+,50+,51+,52-,53+,54+,55-,56+,57-,58-/m1/s1. The van der Waals surface area contributed by atoms with Crippen LogP contribution in [0.5, 0.6) is 0 Å². The fourth-order valence-electron chi connectivity index (χ4n) is 17.2. The molecule has 0 aliphatic carbocycles. The van der Waals surface area contributed by atoms with Gasteiger partial charge in [0.05, 0.1) is 123 Å². The molecule has 77 heavy (non-hydrogen) atoms. The van der Waals surface area contributed by atoms with Crippen molar-refractivity contribution >= 4 is 11.9 Å². The fourth-order valence-corrected chi connectivity index (χ4v) is 17.2. The highest BCUT2D eigenvalue weighted by atomic mass is 16.8. The van der Waals surface area contributed by atoms with E-state index in [0.29, 0.717) is 64.2 Å². The number of esters is 1. The Labute approximate surface area is 450 Å². The van der Waals surface area contributed by atoms with E-state index < -0.39 is 96.4 Å². The first kappa shape index (κ1) is 52.9. The van der Waals surface area contributed by atoms with E-state index in [-0.39, 0.29) is 116 Å². The molecular weight excluding hydrogens is 1000 g/mol. The Kier molecular flexibility index (Phi) is 13.6. The smallest absolute Gasteiger partial charge is 0.308 e. The van der Waals surface area contributed by atoms with Crippen molar-refractivity contribution in [3.05, 3.63) is 24.3 Å². The molecule has 15 aliphatic heterocycles. The first-order chi connectivity index (χ1) is 36.9. The van der Waals surface area contributed by atoms with E-state index in [2.05, 4.69) is 40.9 Å². The van der Waals surface area contributed by atoms with Crippen LogP contribution in [0.2, 0.25) is 0 Å². The number of aliphatic carboxylic acids is 1. The van der Waals surface area contributed by atoms with Crippen molar-refractivity contribution in [1.29, 1.82) is 0 Å². The number of fused-ring (bicyclic) bond motifs is 10. The maximum atomic E-state index is 14.5. The summed E-state index contributed by atoms with van der Waals surface area (Å²) in [4.78, 5) is 26.0. The Balaban J connectivity index is 0.688. The molecule has 15 rings (SSSR count). The molecular formula is C58H82O19. The van der Waals surface area contributed by atoms with Crippen molar-refractivity contribution in [3.8, 4) is 0 Å². The summed E-state index contributed by atoms with van der Waals surface area (Å²) in [6.07, 6.45) is -0.370. The van der Waals surface area contributed by atoms with Crippen LogP contribution >= 0.6 is 0 Å². The molecule has 0 amide bonds. The Morgan fingerprint density at radius 2 is 1.19 bits per heavy atom. The Bertz CT molecular complexity index is 2290. The van der Waals surface area contributed by atoms with E-state index in [1.165, 1.54) is 0 Å². The molecule has 15 aliphatic rings. The van der Waals surface area contributed by atoms with Gasteiger partial charge in [-0.2, -0.15) is 0 Å². The average molecular weight is 1080 g/mol. The van der Waals surface area contributed by atoms with Crippen LogP contribution in [-0.2, 0) is 75.9 Å². The third kappa shape index (κ3) is 9.44. The van der Waals surface area contributed by atoms with Crippen molar-refractivity contribution in [3.63, 3.8) is 0 Å². The summed E-state index contributed by atoms with van der Waals surface area (Å²) in [7, 11) is 0. The molecule has 19 nitrogen and oxygen atoms in total. The zero-order valence-corrected chi connectivity index (χ0v) is 45.1. The quantitative estimate of drug-likeness (QED) is 0.237. The number of ether oxygens (including phenoxy) is 14. The molecule has 1 unspecified atom stereocenters. The van der Waals surface area contributed by atoms with Gasteiger partial charge in [0.15, 0.2) is 17.4 Å². The average Bonchev–Trinajstić information content (AvgIpc) is 4.01. The van der Waals surface area contributed by atoms with Crippen LogP contribution in [0.4, 0.5) is 0 Å². The van der Waals surface area contributed by atoms with Crippen molar-refractivity contribution < 1.29 is 91.2 Å². The number of carbonyl (C=O) groups is 2. The third-order valence-electron chi connectivity index (χ3n) is 21.0. The van der Waals surface area contributed by atoms with Gasteiger partial charge < -0.3 is 81.6 Å². The molecule has 30 atom stereocenters. The lowest BCUT2D eigenvalue weighted by Crippen LogP contribution is -2.62. The molecule has 0 radical (unpaired) electrons. The van der Waals surface area contributed by atoms with E-state index >= 15 is 0 Å². The lowest BCUT2D eigenvalue weighted by molar-refractivity contribution is -0.371. The van der Waals surface area contributed by atoms with Crippen molar-refractivity contribution in [2.45, 2.75) is 301 Å². The van der Waals surface area contributed by atoms with E-state index in [1.807, 2.05) is 0 Å². The minimum absolute atomic E-state index is 0.00425. The molecule has 0 aromatic carbocycles. The van der Waals surface area contributed by atoms with Crippen LogP contribution in [-0.4, -0.2) is 185 Å². The third-order valence-corrected chi connectivity index (χ3v) is 21.0. The zero-order valence-electron chi connectivity index (χ0n) is 45.1. The van der Waals surface area contributed by atoms with Crippen molar-refractivity contribution in [2.75, 3.05) is 0 Å². The molecule has 3 N–H and O–H groups in total. The highest BCUT2D eigenvalue weighted by molar-refractivity contribution is 5.70. The second kappa shape index (κ2) is 19.7. The lowest BCUT2D eigenvalue weighted by Gasteiger charge is -2.54. The van der Waals surface area contributed by atoms with Crippen LogP contribution < -0.4 is 0 Å². The molecule has 3 spiro atoms. The van der Waals surface area contributed by atoms with Crippen LogP contribution in [0.1, 0.15) is 143 Å². The Morgan fingerprint density at radius 3 is 2.01 bits per heavy atom. The normalized spacial score (nSPS) is 57.1. The Morgan fingerprint density at radius 1 is 0.532 bits per heavy atom. The molecule has 15 heterocycles. The van der Waals surface area contributed by atoms with Gasteiger partial charge in [-0.05, 0) is 73.8 Å². The van der Waals surface area contributed by atoms with Gasteiger partial charge >= 0.3 is 11.9 Å². The molecule has 10 bridgehead atoms. The van der Waals surface area contributed by atoms with Gasteiger partial charge in [0.2, 0.25) is 0 Å². The van der Waals surface area contributed by atoms with Gasteiger partial charge in [0.25, 0.3) is 0 Å². The van der Waals surface area contributed by atoms with Gasteiger partial charge in [-0.15, -0.1) is 0 Å². The van der Waals surface area contributed by atoms with Gasteiger partial charge in [-0.1, -0.05) is 40.9 Å². The van der Waals surface area contributed by atoms with Gasteiger partial charge in [0.1, 0.15) is 30.5 Å². The van der Waals surface area contributed by atoms with Crippen molar-refractivity contribution in [1.82, 2.24) is 0 Å². The number of carboxylic acid groups (broad SMARTS) is 1. The number of carboxylic acids is 1.